The molecule has 0 aromatic heterocycles. The van der Waals surface area contributed by atoms with E-state index in [0.717, 1.165) is 17.4 Å². The van der Waals surface area contributed by atoms with E-state index in [-0.39, 0.29) is 17.2 Å². The summed E-state index contributed by atoms with van der Waals surface area (Å²) in [5, 5.41) is 0. The van der Waals surface area contributed by atoms with Gasteiger partial charge in [0.05, 0.1) is 5.92 Å². The molecule has 1 atom stereocenters. The van der Waals surface area contributed by atoms with Gasteiger partial charge < -0.3 is 0 Å². The Labute approximate surface area is 215 Å². The predicted octanol–water partition coefficient (Wildman–Crippen LogP) is 11.0. The highest BCUT2D eigenvalue weighted by Gasteiger charge is 2.46. The molecule has 0 saturated heterocycles. The van der Waals surface area contributed by atoms with Crippen LogP contribution in [0.4, 0.5) is 4.39 Å². The third kappa shape index (κ3) is 6.69. The topological polar surface area (TPSA) is 0 Å². The van der Waals surface area contributed by atoms with Crippen LogP contribution in [0.1, 0.15) is 128 Å². The van der Waals surface area contributed by atoms with E-state index in [1.165, 1.54) is 103 Å². The van der Waals surface area contributed by atoms with Crippen molar-refractivity contribution in [1.82, 2.24) is 0 Å². The first-order valence-electron chi connectivity index (χ1n) is 15.3. The van der Waals surface area contributed by atoms with Crippen molar-refractivity contribution in [2.75, 3.05) is 0 Å². The molecule has 0 heterocycles. The molecule has 0 aliphatic heterocycles. The van der Waals surface area contributed by atoms with E-state index in [9.17, 15) is 0 Å². The van der Waals surface area contributed by atoms with Gasteiger partial charge in [0.25, 0.3) is 0 Å². The van der Waals surface area contributed by atoms with Gasteiger partial charge in [-0.3, -0.25) is 0 Å². The smallest absolute Gasteiger partial charge is 0.108 e. The molecule has 0 bridgehead atoms. The summed E-state index contributed by atoms with van der Waals surface area (Å²) in [6.07, 6.45) is 28.5. The number of benzene rings is 1. The minimum absolute atomic E-state index is 0.0574. The average Bonchev–Trinajstić information content (AvgIpc) is 2.90. The second-order valence-corrected chi connectivity index (χ2v) is 12.2. The lowest BCUT2D eigenvalue weighted by Gasteiger charge is -2.49. The van der Waals surface area contributed by atoms with Crippen LogP contribution in [-0.4, -0.2) is 0 Å². The second kappa shape index (κ2) is 13.3. The van der Waals surface area contributed by atoms with Crippen molar-refractivity contribution < 1.29 is 4.39 Å². The van der Waals surface area contributed by atoms with E-state index >= 15 is 4.39 Å². The summed E-state index contributed by atoms with van der Waals surface area (Å²) in [4.78, 5) is 0. The van der Waals surface area contributed by atoms with Crippen LogP contribution in [0.2, 0.25) is 0 Å². The summed E-state index contributed by atoms with van der Waals surface area (Å²) in [5.74, 6) is 2.95. The molecule has 2 saturated carbocycles. The monoisotopic (exact) mass is 478 g/mol. The lowest BCUT2D eigenvalue weighted by atomic mass is 9.55. The fourth-order valence-electron chi connectivity index (χ4n) is 7.77. The second-order valence-electron chi connectivity index (χ2n) is 12.2. The molecule has 3 aliphatic carbocycles. The lowest BCUT2D eigenvalue weighted by Crippen LogP contribution is -2.40. The van der Waals surface area contributed by atoms with E-state index in [4.69, 9.17) is 0 Å². The third-order valence-electron chi connectivity index (χ3n) is 9.96. The Morgan fingerprint density at radius 2 is 1.23 bits per heavy atom. The van der Waals surface area contributed by atoms with Gasteiger partial charge in [-0.2, -0.15) is 0 Å². The molecule has 0 nitrogen and oxygen atoms in total. The zero-order valence-corrected chi connectivity index (χ0v) is 22.7. The maximum absolute atomic E-state index is 15.9. The van der Waals surface area contributed by atoms with E-state index in [0.29, 0.717) is 11.8 Å². The van der Waals surface area contributed by atoms with E-state index in [1.807, 2.05) is 18.2 Å². The maximum Gasteiger partial charge on any atom is 0.108 e. The molecule has 194 valence electrons. The number of halogens is 1. The fraction of sp³-hybridized carbons (Fsp3) is 0.706. The molecule has 1 heteroatoms. The van der Waals surface area contributed by atoms with Gasteiger partial charge in [-0.15, -0.1) is 0 Å². The van der Waals surface area contributed by atoms with Crippen LogP contribution < -0.4 is 0 Å². The minimum atomic E-state index is -0.194. The Morgan fingerprint density at radius 1 is 0.714 bits per heavy atom. The van der Waals surface area contributed by atoms with Crippen LogP contribution >= 0.6 is 0 Å². The van der Waals surface area contributed by atoms with Gasteiger partial charge in [-0.1, -0.05) is 133 Å². The summed E-state index contributed by atoms with van der Waals surface area (Å²) in [6.45, 7) is 4.61. The maximum atomic E-state index is 15.9. The zero-order valence-electron chi connectivity index (χ0n) is 22.7. The van der Waals surface area contributed by atoms with Crippen LogP contribution in [0.25, 0.3) is 0 Å². The summed E-state index contributed by atoms with van der Waals surface area (Å²) in [6, 6.07) is 10.3. The first-order chi connectivity index (χ1) is 17.2. The standard InChI is InChI=1S/C34H51F/c1-3-5-8-12-27-16-20-30(21-17-27)34(31-22-18-28(19-23-31)13-9-6-4-2)25-24-32(33(35)26-34)29-14-10-7-11-15-29/h7,10-11,14-15,24-28,30-32H,3-6,8-9,12-13,16-23H2,1-2H3/t27-,28-,30-,31-,32?. The molecule has 0 radical (unpaired) electrons. The molecule has 1 aromatic rings. The van der Waals surface area contributed by atoms with Gasteiger partial charge in [0.2, 0.25) is 0 Å². The lowest BCUT2D eigenvalue weighted by molar-refractivity contribution is 0.0798. The quantitative estimate of drug-likeness (QED) is 0.219. The highest BCUT2D eigenvalue weighted by atomic mass is 19.1. The van der Waals surface area contributed by atoms with Crippen molar-refractivity contribution in [2.24, 2.45) is 29.1 Å². The van der Waals surface area contributed by atoms with Crippen LogP contribution in [0.3, 0.4) is 0 Å². The molecule has 1 unspecified atom stereocenters. The van der Waals surface area contributed by atoms with Crippen molar-refractivity contribution >= 4 is 0 Å². The fourth-order valence-corrected chi connectivity index (χ4v) is 7.77. The van der Waals surface area contributed by atoms with Crippen molar-refractivity contribution in [3.8, 4) is 0 Å². The molecule has 35 heavy (non-hydrogen) atoms. The number of rotatable bonds is 11. The van der Waals surface area contributed by atoms with Gasteiger partial charge in [0, 0.05) is 5.41 Å². The molecule has 3 aliphatic rings. The predicted molar refractivity (Wildman–Crippen MR) is 149 cm³/mol. The van der Waals surface area contributed by atoms with Crippen LogP contribution in [0.15, 0.2) is 54.4 Å². The molecule has 0 N–H and O–H groups in total. The average molecular weight is 479 g/mol. The normalized spacial score (nSPS) is 30.7. The van der Waals surface area contributed by atoms with Crippen molar-refractivity contribution in [1.29, 1.82) is 0 Å². The molecule has 0 spiro atoms. The Balaban J connectivity index is 1.48. The number of hydrogen-bond acceptors (Lipinski definition) is 0. The van der Waals surface area contributed by atoms with Gasteiger partial charge >= 0.3 is 0 Å². The van der Waals surface area contributed by atoms with E-state index in [2.05, 4.69) is 44.2 Å². The Morgan fingerprint density at radius 3 is 1.69 bits per heavy atom. The molecule has 1 aromatic carbocycles. The number of allylic oxidation sites excluding steroid dienone is 4. The molecule has 4 rings (SSSR count). The molecule has 2 fully saturated rings. The van der Waals surface area contributed by atoms with Crippen molar-refractivity contribution in [3.63, 3.8) is 0 Å². The van der Waals surface area contributed by atoms with Gasteiger partial charge in [-0.25, -0.2) is 4.39 Å². The SMILES string of the molecule is CCCCC[C@H]1CC[C@H](C2([C@H]3CC[C@H](CCCCC)CC3)C=CC(c3ccccc3)C(F)=C2)CC1. The van der Waals surface area contributed by atoms with Gasteiger partial charge in [-0.05, 0) is 61.0 Å². The third-order valence-corrected chi connectivity index (χ3v) is 9.96. The van der Waals surface area contributed by atoms with Crippen molar-refractivity contribution in [2.45, 2.75) is 122 Å². The Kier molecular flexibility index (Phi) is 10.1. The van der Waals surface area contributed by atoms with Gasteiger partial charge in [0.1, 0.15) is 5.83 Å². The molecule has 0 amide bonds. The molecular formula is C34H51F. The van der Waals surface area contributed by atoms with Crippen LogP contribution in [0, 0.1) is 29.1 Å². The summed E-state index contributed by atoms with van der Waals surface area (Å²) < 4.78 is 15.9. The number of unbranched alkanes of at least 4 members (excludes halogenated alkanes) is 4. The minimum Gasteiger partial charge on any atom is -0.211 e. The Hall–Kier alpha value is -1.37. The van der Waals surface area contributed by atoms with Crippen LogP contribution in [0.5, 0.6) is 0 Å². The first kappa shape index (κ1) is 26.7. The zero-order chi connectivity index (χ0) is 24.5. The summed E-state index contributed by atoms with van der Waals surface area (Å²) in [7, 11) is 0. The highest BCUT2D eigenvalue weighted by Crippen LogP contribution is 2.56. The number of hydrogen-bond donors (Lipinski definition) is 0. The van der Waals surface area contributed by atoms with E-state index in [1.54, 1.807) is 0 Å². The Bertz CT molecular complexity index is 759. The van der Waals surface area contributed by atoms with Crippen LogP contribution in [-0.2, 0) is 0 Å². The highest BCUT2D eigenvalue weighted by molar-refractivity contribution is 5.38. The first-order valence-corrected chi connectivity index (χ1v) is 15.3. The van der Waals surface area contributed by atoms with Crippen molar-refractivity contribution in [3.05, 3.63) is 60.0 Å². The van der Waals surface area contributed by atoms with Gasteiger partial charge in [0.15, 0.2) is 0 Å². The molecular weight excluding hydrogens is 427 g/mol. The van der Waals surface area contributed by atoms with E-state index < -0.39 is 0 Å². The largest absolute Gasteiger partial charge is 0.211 e. The summed E-state index contributed by atoms with van der Waals surface area (Å²) >= 11 is 0. The summed E-state index contributed by atoms with van der Waals surface area (Å²) in [5.41, 5.74) is 1.03.